The van der Waals surface area contributed by atoms with Crippen LogP contribution in [-0.4, -0.2) is 79.6 Å². The predicted octanol–water partition coefficient (Wildman–Crippen LogP) is 0.455. The summed E-state index contributed by atoms with van der Waals surface area (Å²) in [5.74, 6) is -2.48. The summed E-state index contributed by atoms with van der Waals surface area (Å²) in [6.07, 6.45) is -0.283. The van der Waals surface area contributed by atoms with Crippen molar-refractivity contribution in [3.63, 3.8) is 0 Å². The molecule has 10 nitrogen and oxygen atoms in total. The normalized spacial score (nSPS) is 15.7. The molecule has 10 heteroatoms. The topological polar surface area (TPSA) is 120 Å². The molecule has 3 rings (SSSR count). The first-order valence-corrected chi connectivity index (χ1v) is 8.57. The zero-order valence-electron chi connectivity index (χ0n) is 15.1. The van der Waals surface area contributed by atoms with E-state index in [1.165, 1.54) is 25.3 Å². The molecular weight excluding hydrogens is 372 g/mol. The van der Waals surface area contributed by atoms with Crippen molar-refractivity contribution in [2.75, 3.05) is 40.0 Å². The predicted molar refractivity (Wildman–Crippen MR) is 91.6 cm³/mol. The Balaban J connectivity index is 1.65. The van der Waals surface area contributed by atoms with E-state index in [0.29, 0.717) is 13.0 Å². The summed E-state index contributed by atoms with van der Waals surface area (Å²) in [5, 5.41) is 0. The summed E-state index contributed by atoms with van der Waals surface area (Å²) in [6, 6.07) is 3.99. The van der Waals surface area contributed by atoms with Crippen LogP contribution in [-0.2, 0) is 19.0 Å². The molecule has 28 heavy (non-hydrogen) atoms. The van der Waals surface area contributed by atoms with E-state index < -0.39 is 36.4 Å². The van der Waals surface area contributed by atoms with Crippen LogP contribution in [0.5, 0.6) is 0 Å². The number of hydrogen-bond donors (Lipinski definition) is 0. The van der Waals surface area contributed by atoms with E-state index in [-0.39, 0.29) is 36.4 Å². The van der Waals surface area contributed by atoms with Gasteiger partial charge in [0.1, 0.15) is 6.61 Å². The van der Waals surface area contributed by atoms with Gasteiger partial charge in [0.2, 0.25) is 0 Å². The lowest BCUT2D eigenvalue weighted by molar-refractivity contribution is -0.131. The average Bonchev–Trinajstić information content (AvgIpc) is 3.22. The smallest absolute Gasteiger partial charge is 0.416 e. The van der Waals surface area contributed by atoms with Gasteiger partial charge in [-0.2, -0.15) is 0 Å². The highest BCUT2D eigenvalue weighted by molar-refractivity contribution is 6.22. The van der Waals surface area contributed by atoms with E-state index in [0.717, 1.165) is 9.80 Å². The lowest BCUT2D eigenvalue weighted by atomic mass is 10.1. The Hall–Kier alpha value is -3.27. The standard InChI is InChI=1S/C18H18N2O8/c1-26-7-2-5-20-15(22)12-4-3-11(9-13(12)16(20)23)17(24)28-10-14(21)19-6-8-27-18(19)25/h3-4,9H,2,5-8,10H2,1H3. The first-order valence-electron chi connectivity index (χ1n) is 8.57. The van der Waals surface area contributed by atoms with Gasteiger partial charge < -0.3 is 14.2 Å². The fourth-order valence-corrected chi connectivity index (χ4v) is 2.90. The number of cyclic esters (lactones) is 1. The molecule has 2 aliphatic rings. The van der Waals surface area contributed by atoms with E-state index in [2.05, 4.69) is 4.74 Å². The Morgan fingerprint density at radius 1 is 1.14 bits per heavy atom. The molecule has 0 aliphatic carbocycles. The van der Waals surface area contributed by atoms with Crippen molar-refractivity contribution in [2.24, 2.45) is 0 Å². The van der Waals surface area contributed by atoms with Gasteiger partial charge >= 0.3 is 12.1 Å². The third-order valence-corrected chi connectivity index (χ3v) is 4.33. The number of amides is 4. The van der Waals surface area contributed by atoms with Gasteiger partial charge in [0.25, 0.3) is 17.7 Å². The number of carbonyl (C=O) groups is 5. The summed E-state index contributed by atoms with van der Waals surface area (Å²) < 4.78 is 14.5. The van der Waals surface area contributed by atoms with Gasteiger partial charge in [0, 0.05) is 20.3 Å². The Kier molecular flexibility index (Phi) is 5.69. The molecule has 0 saturated carbocycles. The molecular formula is C18H18N2O8. The van der Waals surface area contributed by atoms with Crippen molar-refractivity contribution < 1.29 is 38.2 Å². The SMILES string of the molecule is COCCCN1C(=O)c2ccc(C(=O)OCC(=O)N3CCOC3=O)cc2C1=O. The molecule has 1 aromatic carbocycles. The van der Waals surface area contributed by atoms with Crippen molar-refractivity contribution >= 4 is 29.8 Å². The second kappa shape index (κ2) is 8.17. The number of esters is 1. The van der Waals surface area contributed by atoms with Crippen molar-refractivity contribution in [3.8, 4) is 0 Å². The monoisotopic (exact) mass is 390 g/mol. The molecule has 148 valence electrons. The number of rotatable bonds is 7. The fraction of sp³-hybridized carbons (Fsp3) is 0.389. The molecule has 0 unspecified atom stereocenters. The van der Waals surface area contributed by atoms with Crippen LogP contribution in [0.25, 0.3) is 0 Å². The minimum Gasteiger partial charge on any atom is -0.452 e. The summed E-state index contributed by atoms with van der Waals surface area (Å²) >= 11 is 0. The second-order valence-electron chi connectivity index (χ2n) is 6.10. The molecule has 0 spiro atoms. The van der Waals surface area contributed by atoms with Gasteiger partial charge in [-0.15, -0.1) is 0 Å². The quantitative estimate of drug-likeness (QED) is 0.374. The van der Waals surface area contributed by atoms with E-state index in [1.54, 1.807) is 0 Å². The van der Waals surface area contributed by atoms with Crippen LogP contribution < -0.4 is 0 Å². The van der Waals surface area contributed by atoms with Crippen molar-refractivity contribution in [2.45, 2.75) is 6.42 Å². The highest BCUT2D eigenvalue weighted by Crippen LogP contribution is 2.24. The van der Waals surface area contributed by atoms with Crippen molar-refractivity contribution in [1.29, 1.82) is 0 Å². The van der Waals surface area contributed by atoms with Crippen LogP contribution in [0, 0.1) is 0 Å². The molecule has 2 aliphatic heterocycles. The second-order valence-corrected chi connectivity index (χ2v) is 6.10. The number of ether oxygens (including phenoxy) is 3. The number of nitrogens with zero attached hydrogens (tertiary/aromatic N) is 2. The number of hydrogen-bond acceptors (Lipinski definition) is 8. The first kappa shape index (κ1) is 19.5. The van der Waals surface area contributed by atoms with Gasteiger partial charge in [-0.3, -0.25) is 19.3 Å². The number of imide groups is 2. The van der Waals surface area contributed by atoms with E-state index >= 15 is 0 Å². The van der Waals surface area contributed by atoms with Gasteiger partial charge in [-0.05, 0) is 24.6 Å². The van der Waals surface area contributed by atoms with Gasteiger partial charge in [0.15, 0.2) is 6.61 Å². The minimum atomic E-state index is -0.846. The minimum absolute atomic E-state index is 0.0236. The molecule has 4 amide bonds. The highest BCUT2D eigenvalue weighted by atomic mass is 16.6. The summed E-state index contributed by atoms with van der Waals surface area (Å²) in [6.45, 7) is 0.176. The van der Waals surface area contributed by atoms with E-state index in [9.17, 15) is 24.0 Å². The summed E-state index contributed by atoms with van der Waals surface area (Å²) in [7, 11) is 1.53. The fourth-order valence-electron chi connectivity index (χ4n) is 2.90. The Morgan fingerprint density at radius 2 is 1.89 bits per heavy atom. The lowest BCUT2D eigenvalue weighted by Gasteiger charge is -2.12. The maximum Gasteiger partial charge on any atom is 0.416 e. The molecule has 0 bridgehead atoms. The molecule has 0 atom stereocenters. The van der Waals surface area contributed by atoms with Crippen LogP contribution in [0.1, 0.15) is 37.5 Å². The number of benzene rings is 1. The molecule has 1 saturated heterocycles. The van der Waals surface area contributed by atoms with Crippen LogP contribution >= 0.6 is 0 Å². The molecule has 1 fully saturated rings. The molecule has 1 aromatic rings. The average molecular weight is 390 g/mol. The maximum absolute atomic E-state index is 12.5. The molecule has 0 radical (unpaired) electrons. The molecule has 2 heterocycles. The third kappa shape index (κ3) is 3.72. The number of methoxy groups -OCH3 is 1. The summed E-state index contributed by atoms with van der Waals surface area (Å²) in [4.78, 5) is 62.1. The van der Waals surface area contributed by atoms with Crippen molar-refractivity contribution in [1.82, 2.24) is 9.80 Å². The van der Waals surface area contributed by atoms with Gasteiger partial charge in [-0.1, -0.05) is 0 Å². The van der Waals surface area contributed by atoms with Gasteiger partial charge in [-0.25, -0.2) is 14.5 Å². The number of carbonyl (C=O) groups excluding carboxylic acids is 5. The largest absolute Gasteiger partial charge is 0.452 e. The first-order chi connectivity index (χ1) is 13.4. The van der Waals surface area contributed by atoms with Crippen LogP contribution in [0.4, 0.5) is 4.79 Å². The van der Waals surface area contributed by atoms with Gasteiger partial charge in [0.05, 0.1) is 23.2 Å². The van der Waals surface area contributed by atoms with Crippen molar-refractivity contribution in [3.05, 3.63) is 34.9 Å². The van der Waals surface area contributed by atoms with E-state index in [4.69, 9.17) is 9.47 Å². The Morgan fingerprint density at radius 3 is 2.57 bits per heavy atom. The van der Waals surface area contributed by atoms with Crippen LogP contribution in [0.15, 0.2) is 18.2 Å². The zero-order valence-corrected chi connectivity index (χ0v) is 15.1. The van der Waals surface area contributed by atoms with E-state index in [1.807, 2.05) is 0 Å². The van der Waals surface area contributed by atoms with Crippen LogP contribution in [0.3, 0.4) is 0 Å². The highest BCUT2D eigenvalue weighted by Gasteiger charge is 2.36. The lowest BCUT2D eigenvalue weighted by Crippen LogP contribution is -2.35. The molecule has 0 aromatic heterocycles. The molecule has 0 N–H and O–H groups in total. The number of fused-ring (bicyclic) bond motifs is 1. The van der Waals surface area contributed by atoms with Crippen LogP contribution in [0.2, 0.25) is 0 Å². The Bertz CT molecular complexity index is 850. The summed E-state index contributed by atoms with van der Waals surface area (Å²) in [5.41, 5.74) is 0.330. The third-order valence-electron chi connectivity index (χ3n) is 4.33. The zero-order chi connectivity index (χ0) is 20.3. The maximum atomic E-state index is 12.5. The Labute approximate surface area is 159 Å².